The number of nitrogens with zero attached hydrogens (tertiary/aromatic N) is 2. The number of carbonyl (C=O) groups is 4. The SMILES string of the molecule is O=C(O)CC1CCCc2sc(C3=C(C(=O)S)N4C(=O)[C@@H](NC(=O)Cc5ccccc5)[C@H]4SC3)nc21. The van der Waals surface area contributed by atoms with Gasteiger partial charge in [0.25, 0.3) is 5.91 Å². The standard InChI is InChI=1S/C24H23N3O5S3/c28-16(9-12-5-2-1-3-6-12)25-19-22(31)27-20(24(32)33)14(11-34-23(19)27)21-26-18-13(10-17(29)30)7-4-8-15(18)35-21/h1-3,5-6,13,19,23H,4,7-11H2,(H,25,28)(H,29,30)(H,32,33)/t13?,19-,23-/m1/s1. The predicted octanol–water partition coefficient (Wildman–Crippen LogP) is 2.85. The lowest BCUT2D eigenvalue weighted by molar-refractivity contribution is -0.146. The number of hydrogen-bond donors (Lipinski definition) is 3. The maximum Gasteiger partial charge on any atom is 0.304 e. The Kier molecular flexibility index (Phi) is 6.73. The van der Waals surface area contributed by atoms with Crippen LogP contribution >= 0.6 is 35.7 Å². The van der Waals surface area contributed by atoms with Crippen LogP contribution < -0.4 is 5.32 Å². The van der Waals surface area contributed by atoms with E-state index in [0.29, 0.717) is 16.3 Å². The van der Waals surface area contributed by atoms with Crippen LogP contribution in [0.5, 0.6) is 0 Å². The van der Waals surface area contributed by atoms with Gasteiger partial charge in [-0.05, 0) is 24.8 Å². The van der Waals surface area contributed by atoms with Crippen LogP contribution in [0, 0.1) is 0 Å². The average molecular weight is 530 g/mol. The number of fused-ring (bicyclic) bond motifs is 2. The minimum absolute atomic E-state index is 0.0272. The quantitative estimate of drug-likeness (QED) is 0.373. The highest BCUT2D eigenvalue weighted by molar-refractivity contribution is 8.00. The molecule has 5 rings (SSSR count). The van der Waals surface area contributed by atoms with E-state index < -0.39 is 17.1 Å². The fraction of sp³-hybridized carbons (Fsp3) is 0.375. The molecule has 0 spiro atoms. The first-order valence-electron chi connectivity index (χ1n) is 11.3. The molecule has 1 aromatic carbocycles. The van der Waals surface area contributed by atoms with Crippen LogP contribution in [0.15, 0.2) is 36.0 Å². The number of thioether (sulfide) groups is 1. The average Bonchev–Trinajstić information content (AvgIpc) is 3.27. The monoisotopic (exact) mass is 529 g/mol. The zero-order valence-electron chi connectivity index (χ0n) is 18.6. The zero-order chi connectivity index (χ0) is 24.7. The number of benzene rings is 1. The van der Waals surface area contributed by atoms with E-state index in [0.717, 1.165) is 35.4 Å². The summed E-state index contributed by atoms with van der Waals surface area (Å²) in [6.45, 7) is 0. The molecule has 8 nitrogen and oxygen atoms in total. The molecule has 1 unspecified atom stereocenters. The highest BCUT2D eigenvalue weighted by atomic mass is 32.2. The number of carboxylic acids is 1. The van der Waals surface area contributed by atoms with E-state index >= 15 is 0 Å². The van der Waals surface area contributed by atoms with Gasteiger partial charge in [-0.2, -0.15) is 0 Å². The molecule has 2 amide bonds. The van der Waals surface area contributed by atoms with Crippen molar-refractivity contribution in [2.24, 2.45) is 0 Å². The Morgan fingerprint density at radius 1 is 1.23 bits per heavy atom. The molecule has 3 heterocycles. The summed E-state index contributed by atoms with van der Waals surface area (Å²) in [5.41, 5.74) is 2.50. The minimum atomic E-state index is -0.856. The molecule has 2 aromatic rings. The summed E-state index contributed by atoms with van der Waals surface area (Å²) < 4.78 is 0. The van der Waals surface area contributed by atoms with Crippen LogP contribution in [-0.4, -0.2) is 55.1 Å². The Bertz CT molecular complexity index is 1240. The maximum atomic E-state index is 13.0. The molecular weight excluding hydrogens is 506 g/mol. The van der Waals surface area contributed by atoms with Gasteiger partial charge < -0.3 is 10.4 Å². The molecule has 35 heavy (non-hydrogen) atoms. The van der Waals surface area contributed by atoms with Crippen molar-refractivity contribution in [2.75, 3.05) is 5.75 Å². The van der Waals surface area contributed by atoms with Gasteiger partial charge >= 0.3 is 5.97 Å². The lowest BCUT2D eigenvalue weighted by Crippen LogP contribution is -2.70. The number of aryl methyl sites for hydroxylation is 1. The number of thiazole rings is 1. The van der Waals surface area contributed by atoms with Crippen LogP contribution in [0.2, 0.25) is 0 Å². The second-order valence-electron chi connectivity index (χ2n) is 8.76. The second kappa shape index (κ2) is 9.79. The summed E-state index contributed by atoms with van der Waals surface area (Å²) in [7, 11) is 0. The molecule has 182 valence electrons. The number of aliphatic carboxylic acids is 1. The summed E-state index contributed by atoms with van der Waals surface area (Å²) in [5, 5.41) is 11.8. The first-order valence-corrected chi connectivity index (χ1v) is 13.6. The molecular formula is C24H23N3O5S3. The van der Waals surface area contributed by atoms with Gasteiger partial charge in [0, 0.05) is 22.1 Å². The van der Waals surface area contributed by atoms with E-state index in [1.54, 1.807) is 0 Å². The first kappa shape index (κ1) is 24.1. The van der Waals surface area contributed by atoms with Crippen molar-refractivity contribution in [2.45, 2.75) is 49.4 Å². The van der Waals surface area contributed by atoms with Gasteiger partial charge in [0.2, 0.25) is 11.0 Å². The molecule has 2 N–H and O–H groups in total. The fourth-order valence-electron chi connectivity index (χ4n) is 4.83. The molecule has 1 aliphatic carbocycles. The number of hydrogen-bond acceptors (Lipinski definition) is 7. The number of amides is 2. The highest BCUT2D eigenvalue weighted by Crippen LogP contribution is 2.46. The number of aromatic nitrogens is 1. The van der Waals surface area contributed by atoms with Crippen molar-refractivity contribution in [1.82, 2.24) is 15.2 Å². The van der Waals surface area contributed by atoms with Crippen molar-refractivity contribution in [3.05, 3.63) is 57.2 Å². The van der Waals surface area contributed by atoms with E-state index in [-0.39, 0.29) is 41.6 Å². The van der Waals surface area contributed by atoms with Gasteiger partial charge in [-0.3, -0.25) is 24.1 Å². The Hall–Kier alpha value is -2.63. The second-order valence-corrected chi connectivity index (χ2v) is 11.4. The largest absolute Gasteiger partial charge is 0.481 e. The minimum Gasteiger partial charge on any atom is -0.481 e. The topological polar surface area (TPSA) is 117 Å². The molecule has 3 atom stereocenters. The summed E-state index contributed by atoms with van der Waals surface area (Å²) in [4.78, 5) is 56.6. The Morgan fingerprint density at radius 3 is 2.71 bits per heavy atom. The van der Waals surface area contributed by atoms with Crippen LogP contribution in [-0.2, 0) is 32.0 Å². The zero-order valence-corrected chi connectivity index (χ0v) is 21.1. The molecule has 0 saturated carbocycles. The summed E-state index contributed by atoms with van der Waals surface area (Å²) in [5.74, 6) is -1.15. The molecule has 0 bridgehead atoms. The van der Waals surface area contributed by atoms with Crippen LogP contribution in [0.1, 0.15) is 46.3 Å². The summed E-state index contributed by atoms with van der Waals surface area (Å²) >= 11 is 7.00. The third kappa shape index (κ3) is 4.64. The van der Waals surface area contributed by atoms with E-state index in [4.69, 9.17) is 4.98 Å². The molecule has 1 saturated heterocycles. The van der Waals surface area contributed by atoms with Gasteiger partial charge in [-0.1, -0.05) is 43.0 Å². The van der Waals surface area contributed by atoms with Crippen molar-refractivity contribution >= 4 is 64.2 Å². The van der Waals surface area contributed by atoms with Gasteiger partial charge in [0.05, 0.1) is 18.5 Å². The van der Waals surface area contributed by atoms with Gasteiger partial charge in [-0.25, -0.2) is 4.98 Å². The normalized spacial score (nSPS) is 23.3. The molecule has 1 aromatic heterocycles. The van der Waals surface area contributed by atoms with Gasteiger partial charge in [-0.15, -0.1) is 23.1 Å². The molecule has 1 fully saturated rings. The summed E-state index contributed by atoms with van der Waals surface area (Å²) in [6.07, 6.45) is 2.69. The van der Waals surface area contributed by atoms with Crippen LogP contribution in [0.3, 0.4) is 0 Å². The lowest BCUT2D eigenvalue weighted by Gasteiger charge is -2.49. The van der Waals surface area contributed by atoms with Crippen molar-refractivity contribution < 1.29 is 24.3 Å². The van der Waals surface area contributed by atoms with Gasteiger partial charge in [0.1, 0.15) is 22.1 Å². The number of carbonyl (C=O) groups excluding carboxylic acids is 3. The van der Waals surface area contributed by atoms with Gasteiger partial charge in [0.15, 0.2) is 0 Å². The highest BCUT2D eigenvalue weighted by Gasteiger charge is 2.54. The van der Waals surface area contributed by atoms with E-state index in [9.17, 15) is 24.3 Å². The maximum absolute atomic E-state index is 13.0. The van der Waals surface area contributed by atoms with Crippen LogP contribution in [0.4, 0.5) is 0 Å². The van der Waals surface area contributed by atoms with E-state index in [1.807, 2.05) is 30.3 Å². The Labute approximate surface area is 215 Å². The lowest BCUT2D eigenvalue weighted by atomic mass is 9.88. The van der Waals surface area contributed by atoms with E-state index in [1.165, 1.54) is 28.0 Å². The smallest absolute Gasteiger partial charge is 0.304 e. The molecule has 11 heteroatoms. The number of carboxylic acid groups (broad SMARTS) is 1. The number of nitrogens with one attached hydrogen (secondary N) is 1. The third-order valence-corrected chi connectivity index (χ3v) is 9.13. The molecule has 0 radical (unpaired) electrons. The van der Waals surface area contributed by atoms with E-state index in [2.05, 4.69) is 17.9 Å². The Balaban J connectivity index is 1.37. The summed E-state index contributed by atoms with van der Waals surface area (Å²) in [6, 6.07) is 8.58. The number of rotatable bonds is 7. The first-order chi connectivity index (χ1) is 16.8. The predicted molar refractivity (Wildman–Crippen MR) is 136 cm³/mol. The fourth-order valence-corrected chi connectivity index (χ4v) is 7.75. The molecule has 3 aliphatic rings. The van der Waals surface area contributed by atoms with Crippen LogP contribution in [0.25, 0.3) is 5.57 Å². The van der Waals surface area contributed by atoms with Crippen molar-refractivity contribution in [3.8, 4) is 0 Å². The number of thiol groups is 1. The molecule has 2 aliphatic heterocycles. The third-order valence-electron chi connectivity index (χ3n) is 6.44. The van der Waals surface area contributed by atoms with Crippen molar-refractivity contribution in [3.63, 3.8) is 0 Å². The Morgan fingerprint density at radius 2 is 2.00 bits per heavy atom. The van der Waals surface area contributed by atoms with Crippen molar-refractivity contribution in [1.29, 1.82) is 0 Å². The number of β-lactam (4-membered cyclic amide) rings is 1.